The molecule has 2 aromatic rings. The van der Waals surface area contributed by atoms with Crippen LogP contribution < -0.4 is 10.5 Å². The number of aromatic nitrogens is 2. The lowest BCUT2D eigenvalue weighted by Gasteiger charge is -2.14. The van der Waals surface area contributed by atoms with Crippen molar-refractivity contribution in [3.05, 3.63) is 48.0 Å². The Kier molecular flexibility index (Phi) is 5.18. The third-order valence-corrected chi connectivity index (χ3v) is 3.48. The van der Waals surface area contributed by atoms with Crippen LogP contribution in [0.15, 0.2) is 36.7 Å². The molecule has 20 heavy (non-hydrogen) atoms. The molecule has 2 rings (SSSR count). The Morgan fingerprint density at radius 1 is 1.35 bits per heavy atom. The maximum Gasteiger partial charge on any atom is 0.122 e. The molecule has 0 bridgehead atoms. The van der Waals surface area contributed by atoms with Gasteiger partial charge in [-0.15, -0.1) is 0 Å². The lowest BCUT2D eigenvalue weighted by Crippen LogP contribution is -2.21. The Balaban J connectivity index is 1.93. The van der Waals surface area contributed by atoms with Gasteiger partial charge in [0.15, 0.2) is 0 Å². The Hall–Kier alpha value is -1.81. The standard InChI is InChI=1S/C16H23N3O/c1-3-14(17)12-13-6-4-5-7-15(13)20-11-8-16-18-9-10-19(16)2/h4-7,9-10,14H,3,8,11-12,17H2,1-2H3. The smallest absolute Gasteiger partial charge is 0.122 e. The minimum atomic E-state index is 0.189. The molecule has 1 unspecified atom stereocenters. The third-order valence-electron chi connectivity index (χ3n) is 3.48. The number of nitrogens with zero attached hydrogens (tertiary/aromatic N) is 2. The second kappa shape index (κ2) is 7.10. The Labute approximate surface area is 120 Å². The summed E-state index contributed by atoms with van der Waals surface area (Å²) in [5, 5.41) is 0. The topological polar surface area (TPSA) is 53.1 Å². The maximum absolute atomic E-state index is 6.03. The van der Waals surface area contributed by atoms with Crippen LogP contribution in [0.25, 0.3) is 0 Å². The van der Waals surface area contributed by atoms with Crippen LogP contribution in [0.3, 0.4) is 0 Å². The first-order valence-electron chi connectivity index (χ1n) is 7.13. The Morgan fingerprint density at radius 2 is 2.15 bits per heavy atom. The van der Waals surface area contributed by atoms with Crippen LogP contribution in [0, 0.1) is 0 Å². The molecule has 0 aliphatic heterocycles. The monoisotopic (exact) mass is 273 g/mol. The van der Waals surface area contributed by atoms with Gasteiger partial charge in [0.1, 0.15) is 11.6 Å². The molecule has 0 saturated heterocycles. The molecule has 1 aromatic carbocycles. The highest BCUT2D eigenvalue weighted by atomic mass is 16.5. The van der Waals surface area contributed by atoms with Crippen LogP contribution in [0.2, 0.25) is 0 Å². The van der Waals surface area contributed by atoms with E-state index in [0.29, 0.717) is 6.61 Å². The zero-order chi connectivity index (χ0) is 14.4. The van der Waals surface area contributed by atoms with Gasteiger partial charge < -0.3 is 15.0 Å². The molecule has 1 atom stereocenters. The van der Waals surface area contributed by atoms with Crippen LogP contribution in [-0.2, 0) is 19.9 Å². The van der Waals surface area contributed by atoms with E-state index in [1.807, 2.05) is 42.2 Å². The molecular weight excluding hydrogens is 250 g/mol. The SMILES string of the molecule is CCC(N)Cc1ccccc1OCCc1nccn1C. The molecule has 0 aliphatic rings. The number of rotatable bonds is 7. The van der Waals surface area contributed by atoms with Gasteiger partial charge >= 0.3 is 0 Å². The van der Waals surface area contributed by atoms with Gasteiger partial charge in [-0.05, 0) is 24.5 Å². The van der Waals surface area contributed by atoms with Crippen molar-refractivity contribution in [2.24, 2.45) is 12.8 Å². The molecule has 2 N–H and O–H groups in total. The summed E-state index contributed by atoms with van der Waals surface area (Å²) in [7, 11) is 2.00. The molecule has 0 amide bonds. The molecule has 0 radical (unpaired) electrons. The molecule has 1 heterocycles. The zero-order valence-corrected chi connectivity index (χ0v) is 12.2. The van der Waals surface area contributed by atoms with Crippen LogP contribution in [0.4, 0.5) is 0 Å². The fourth-order valence-electron chi connectivity index (χ4n) is 2.13. The fraction of sp³-hybridized carbons (Fsp3) is 0.438. The van der Waals surface area contributed by atoms with E-state index in [2.05, 4.69) is 18.0 Å². The zero-order valence-electron chi connectivity index (χ0n) is 12.2. The first-order valence-corrected chi connectivity index (χ1v) is 7.13. The highest BCUT2D eigenvalue weighted by molar-refractivity contribution is 5.34. The van der Waals surface area contributed by atoms with Crippen molar-refractivity contribution in [2.45, 2.75) is 32.2 Å². The van der Waals surface area contributed by atoms with E-state index in [1.54, 1.807) is 0 Å². The van der Waals surface area contributed by atoms with Crippen molar-refractivity contribution >= 4 is 0 Å². The lowest BCUT2D eigenvalue weighted by molar-refractivity contribution is 0.313. The minimum absolute atomic E-state index is 0.189. The number of ether oxygens (including phenoxy) is 1. The van der Waals surface area contributed by atoms with Crippen molar-refractivity contribution in [3.63, 3.8) is 0 Å². The van der Waals surface area contributed by atoms with Gasteiger partial charge in [-0.1, -0.05) is 25.1 Å². The molecule has 108 valence electrons. The summed E-state index contributed by atoms with van der Waals surface area (Å²) in [6.45, 7) is 2.73. The number of imidazole rings is 1. The van der Waals surface area contributed by atoms with E-state index in [9.17, 15) is 0 Å². The van der Waals surface area contributed by atoms with Gasteiger partial charge in [-0.2, -0.15) is 0 Å². The van der Waals surface area contributed by atoms with Gasteiger partial charge in [0, 0.05) is 31.9 Å². The van der Waals surface area contributed by atoms with Gasteiger partial charge in [-0.3, -0.25) is 0 Å². The van der Waals surface area contributed by atoms with Gasteiger partial charge in [0.2, 0.25) is 0 Å². The molecule has 4 heteroatoms. The van der Waals surface area contributed by atoms with E-state index in [4.69, 9.17) is 10.5 Å². The molecule has 0 fully saturated rings. The predicted molar refractivity (Wildman–Crippen MR) is 80.8 cm³/mol. The quantitative estimate of drug-likeness (QED) is 0.842. The fourth-order valence-corrected chi connectivity index (χ4v) is 2.13. The van der Waals surface area contributed by atoms with E-state index in [-0.39, 0.29) is 6.04 Å². The van der Waals surface area contributed by atoms with Crippen LogP contribution in [-0.4, -0.2) is 22.2 Å². The van der Waals surface area contributed by atoms with Gasteiger partial charge in [0.25, 0.3) is 0 Å². The van der Waals surface area contributed by atoms with Gasteiger partial charge in [-0.25, -0.2) is 4.98 Å². The molecular formula is C16H23N3O. The average Bonchev–Trinajstić information content (AvgIpc) is 2.86. The summed E-state index contributed by atoms with van der Waals surface area (Å²) >= 11 is 0. The summed E-state index contributed by atoms with van der Waals surface area (Å²) in [6, 6.07) is 8.32. The van der Waals surface area contributed by atoms with E-state index >= 15 is 0 Å². The van der Waals surface area contributed by atoms with Crippen LogP contribution in [0.1, 0.15) is 24.7 Å². The predicted octanol–water partition coefficient (Wildman–Crippen LogP) is 2.32. The maximum atomic E-state index is 6.03. The number of hydrogen-bond acceptors (Lipinski definition) is 3. The van der Waals surface area contributed by atoms with Crippen molar-refractivity contribution in [1.29, 1.82) is 0 Å². The lowest BCUT2D eigenvalue weighted by atomic mass is 10.0. The second-order valence-electron chi connectivity index (χ2n) is 5.03. The van der Waals surface area contributed by atoms with E-state index < -0.39 is 0 Å². The third kappa shape index (κ3) is 3.84. The average molecular weight is 273 g/mol. The largest absolute Gasteiger partial charge is 0.493 e. The number of benzene rings is 1. The molecule has 0 saturated carbocycles. The van der Waals surface area contributed by atoms with Crippen molar-refractivity contribution in [2.75, 3.05) is 6.61 Å². The van der Waals surface area contributed by atoms with Crippen LogP contribution in [0.5, 0.6) is 5.75 Å². The van der Waals surface area contributed by atoms with E-state index in [1.165, 1.54) is 5.56 Å². The highest BCUT2D eigenvalue weighted by Crippen LogP contribution is 2.20. The molecule has 4 nitrogen and oxygen atoms in total. The first kappa shape index (κ1) is 14.6. The number of nitrogens with two attached hydrogens (primary N) is 1. The Morgan fingerprint density at radius 3 is 2.85 bits per heavy atom. The van der Waals surface area contributed by atoms with Gasteiger partial charge in [0.05, 0.1) is 6.61 Å². The minimum Gasteiger partial charge on any atom is -0.493 e. The first-order chi connectivity index (χ1) is 9.70. The number of hydrogen-bond donors (Lipinski definition) is 1. The molecule has 0 spiro atoms. The number of aryl methyl sites for hydroxylation is 1. The normalized spacial score (nSPS) is 12.3. The summed E-state index contributed by atoms with van der Waals surface area (Å²) in [5.74, 6) is 1.97. The summed E-state index contributed by atoms with van der Waals surface area (Å²) in [4.78, 5) is 4.29. The van der Waals surface area contributed by atoms with Crippen molar-refractivity contribution in [3.8, 4) is 5.75 Å². The Bertz CT molecular complexity index is 536. The van der Waals surface area contributed by atoms with Crippen molar-refractivity contribution in [1.82, 2.24) is 9.55 Å². The number of para-hydroxylation sites is 1. The second-order valence-corrected chi connectivity index (χ2v) is 5.03. The van der Waals surface area contributed by atoms with E-state index in [0.717, 1.165) is 30.8 Å². The molecule has 1 aromatic heterocycles. The summed E-state index contributed by atoms with van der Waals surface area (Å²) in [6.07, 6.45) is 6.39. The van der Waals surface area contributed by atoms with Crippen LogP contribution >= 0.6 is 0 Å². The molecule has 0 aliphatic carbocycles. The van der Waals surface area contributed by atoms with Crippen molar-refractivity contribution < 1.29 is 4.74 Å². The highest BCUT2D eigenvalue weighted by Gasteiger charge is 2.08. The summed E-state index contributed by atoms with van der Waals surface area (Å²) in [5.41, 5.74) is 7.21. The summed E-state index contributed by atoms with van der Waals surface area (Å²) < 4.78 is 7.92.